The molecule has 1 nitrogen and oxygen atoms in total. The first kappa shape index (κ1) is 17.8. The highest BCUT2D eigenvalue weighted by Gasteiger charge is 2.37. The smallest absolute Gasteiger partial charge is 0.0178 e. The summed E-state index contributed by atoms with van der Waals surface area (Å²) in [6.07, 6.45) is 12.3. The average molecular weight is 287 g/mol. The standard InChI is InChI=1S/C20H33N/c1-7-10-15-21-17(5)12-11-16(4)20(9-3)14-13-19(8-2)18(20)6/h7,13-14,16,21H,1,5,8-12,15H2,2-4,6H3. The zero-order valence-corrected chi connectivity index (χ0v) is 14.5. The number of allylic oxidation sites excluding steroid dienone is 5. The molecule has 0 aromatic carbocycles. The second kappa shape index (κ2) is 8.26. The summed E-state index contributed by atoms with van der Waals surface area (Å²) in [5.41, 5.74) is 4.55. The normalized spacial score (nSPS) is 22.5. The second-order valence-corrected chi connectivity index (χ2v) is 6.28. The lowest BCUT2D eigenvalue weighted by Gasteiger charge is -2.36. The van der Waals surface area contributed by atoms with E-state index in [0.29, 0.717) is 5.92 Å². The summed E-state index contributed by atoms with van der Waals surface area (Å²) >= 11 is 0. The van der Waals surface area contributed by atoms with Crippen LogP contribution in [0.3, 0.4) is 0 Å². The third kappa shape index (κ3) is 4.12. The molecule has 0 heterocycles. The topological polar surface area (TPSA) is 12.0 Å². The Morgan fingerprint density at radius 3 is 2.67 bits per heavy atom. The molecule has 21 heavy (non-hydrogen) atoms. The highest BCUT2D eigenvalue weighted by molar-refractivity contribution is 5.41. The molecule has 0 radical (unpaired) electrons. The fraction of sp³-hybridized carbons (Fsp3) is 0.600. The summed E-state index contributed by atoms with van der Waals surface area (Å²) in [6, 6.07) is 0. The zero-order valence-electron chi connectivity index (χ0n) is 14.5. The summed E-state index contributed by atoms with van der Waals surface area (Å²) < 4.78 is 0. The molecule has 1 aliphatic carbocycles. The lowest BCUT2D eigenvalue weighted by molar-refractivity contribution is 0.276. The van der Waals surface area contributed by atoms with Gasteiger partial charge in [-0.15, -0.1) is 6.58 Å². The number of rotatable bonds is 10. The van der Waals surface area contributed by atoms with Crippen molar-refractivity contribution < 1.29 is 0 Å². The lowest BCUT2D eigenvalue weighted by atomic mass is 9.69. The van der Waals surface area contributed by atoms with Gasteiger partial charge in [-0.3, -0.25) is 0 Å². The third-order valence-electron chi connectivity index (χ3n) is 5.21. The van der Waals surface area contributed by atoms with E-state index in [0.717, 1.165) is 31.5 Å². The van der Waals surface area contributed by atoms with E-state index in [4.69, 9.17) is 0 Å². The molecule has 2 atom stereocenters. The van der Waals surface area contributed by atoms with E-state index in [-0.39, 0.29) is 5.41 Å². The second-order valence-electron chi connectivity index (χ2n) is 6.28. The molecule has 0 fully saturated rings. The summed E-state index contributed by atoms with van der Waals surface area (Å²) in [6.45, 7) is 18.1. The first-order valence-electron chi connectivity index (χ1n) is 8.43. The minimum atomic E-state index is 0.271. The molecule has 1 heteroatoms. The highest BCUT2D eigenvalue weighted by Crippen LogP contribution is 2.48. The van der Waals surface area contributed by atoms with Gasteiger partial charge in [-0.25, -0.2) is 0 Å². The molecule has 0 amide bonds. The molecule has 0 aliphatic heterocycles. The molecule has 0 saturated heterocycles. The van der Waals surface area contributed by atoms with Crippen LogP contribution >= 0.6 is 0 Å². The molecule has 0 bridgehead atoms. The zero-order chi connectivity index (χ0) is 15.9. The Kier molecular flexibility index (Phi) is 7.01. The van der Waals surface area contributed by atoms with Crippen LogP contribution in [-0.4, -0.2) is 6.54 Å². The maximum absolute atomic E-state index is 4.15. The van der Waals surface area contributed by atoms with Crippen LogP contribution in [0, 0.1) is 11.3 Å². The first-order valence-corrected chi connectivity index (χ1v) is 8.43. The first-order chi connectivity index (χ1) is 10.0. The van der Waals surface area contributed by atoms with E-state index in [9.17, 15) is 0 Å². The average Bonchev–Trinajstić information content (AvgIpc) is 2.82. The molecule has 118 valence electrons. The van der Waals surface area contributed by atoms with Crippen LogP contribution in [0.1, 0.15) is 59.8 Å². The van der Waals surface area contributed by atoms with Crippen LogP contribution in [-0.2, 0) is 0 Å². The van der Waals surface area contributed by atoms with Gasteiger partial charge < -0.3 is 5.32 Å². The van der Waals surface area contributed by atoms with Gasteiger partial charge in [0.25, 0.3) is 0 Å². The number of hydrogen-bond acceptors (Lipinski definition) is 1. The Morgan fingerprint density at radius 2 is 2.14 bits per heavy atom. The predicted molar refractivity (Wildman–Crippen MR) is 95.2 cm³/mol. The van der Waals surface area contributed by atoms with Crippen LogP contribution < -0.4 is 5.32 Å². The summed E-state index contributed by atoms with van der Waals surface area (Å²) in [4.78, 5) is 0. The fourth-order valence-corrected chi connectivity index (χ4v) is 3.53. The molecule has 0 saturated carbocycles. The van der Waals surface area contributed by atoms with Gasteiger partial charge in [-0.1, -0.05) is 51.2 Å². The molecule has 0 aromatic rings. The van der Waals surface area contributed by atoms with Crippen molar-refractivity contribution in [1.29, 1.82) is 0 Å². The van der Waals surface area contributed by atoms with E-state index < -0.39 is 0 Å². The van der Waals surface area contributed by atoms with Gasteiger partial charge in [0.15, 0.2) is 0 Å². The largest absolute Gasteiger partial charge is 0.389 e. The summed E-state index contributed by atoms with van der Waals surface area (Å²) in [5, 5.41) is 3.40. The van der Waals surface area contributed by atoms with E-state index in [1.54, 1.807) is 5.57 Å². The van der Waals surface area contributed by atoms with Crippen molar-refractivity contribution in [3.05, 3.63) is 48.2 Å². The molecule has 1 aliphatic rings. The molecule has 2 unspecified atom stereocenters. The Balaban J connectivity index is 2.60. The van der Waals surface area contributed by atoms with Crippen molar-refractivity contribution in [2.75, 3.05) is 6.54 Å². The van der Waals surface area contributed by atoms with Gasteiger partial charge in [0.1, 0.15) is 0 Å². The third-order valence-corrected chi connectivity index (χ3v) is 5.21. The van der Waals surface area contributed by atoms with Crippen LogP contribution in [0.5, 0.6) is 0 Å². The molecular formula is C20H33N. The van der Waals surface area contributed by atoms with Gasteiger partial charge in [0.2, 0.25) is 0 Å². The maximum atomic E-state index is 4.15. The van der Waals surface area contributed by atoms with Crippen LogP contribution in [0.25, 0.3) is 0 Å². The Labute approximate surface area is 131 Å². The van der Waals surface area contributed by atoms with Gasteiger partial charge in [0.05, 0.1) is 0 Å². The summed E-state index contributed by atoms with van der Waals surface area (Å²) in [5.74, 6) is 0.653. The van der Waals surface area contributed by atoms with Crippen molar-refractivity contribution in [3.8, 4) is 0 Å². The van der Waals surface area contributed by atoms with Gasteiger partial charge in [0, 0.05) is 17.7 Å². The Hall–Kier alpha value is -1.24. The SMILES string of the molecule is C=CCCNC(=C)CCC(C)C1(CC)C=CC(CC)=C1C. The van der Waals surface area contributed by atoms with Gasteiger partial charge >= 0.3 is 0 Å². The maximum Gasteiger partial charge on any atom is 0.0178 e. The molecule has 0 spiro atoms. The predicted octanol–water partition coefficient (Wildman–Crippen LogP) is 5.77. The van der Waals surface area contributed by atoms with E-state index in [2.05, 4.69) is 58.3 Å². The minimum Gasteiger partial charge on any atom is -0.389 e. The van der Waals surface area contributed by atoms with Crippen molar-refractivity contribution in [2.24, 2.45) is 11.3 Å². The summed E-state index contributed by atoms with van der Waals surface area (Å²) in [7, 11) is 0. The van der Waals surface area contributed by atoms with Crippen LogP contribution in [0.4, 0.5) is 0 Å². The van der Waals surface area contributed by atoms with Crippen molar-refractivity contribution >= 4 is 0 Å². The quantitative estimate of drug-likeness (QED) is 0.397. The van der Waals surface area contributed by atoms with Crippen LogP contribution in [0.2, 0.25) is 0 Å². The fourth-order valence-electron chi connectivity index (χ4n) is 3.53. The van der Waals surface area contributed by atoms with Crippen molar-refractivity contribution in [3.63, 3.8) is 0 Å². The van der Waals surface area contributed by atoms with E-state index >= 15 is 0 Å². The molecule has 0 aromatic heterocycles. The Bertz CT molecular complexity index is 427. The van der Waals surface area contributed by atoms with E-state index in [1.165, 1.54) is 18.4 Å². The van der Waals surface area contributed by atoms with Gasteiger partial charge in [-0.2, -0.15) is 0 Å². The molecule has 1 rings (SSSR count). The Morgan fingerprint density at radius 1 is 1.43 bits per heavy atom. The molecular weight excluding hydrogens is 254 g/mol. The minimum absolute atomic E-state index is 0.271. The number of hydrogen-bond donors (Lipinski definition) is 1. The van der Waals surface area contributed by atoms with Crippen molar-refractivity contribution in [2.45, 2.75) is 59.8 Å². The molecule has 1 N–H and O–H groups in total. The number of nitrogens with one attached hydrogen (secondary N) is 1. The van der Waals surface area contributed by atoms with Crippen molar-refractivity contribution in [1.82, 2.24) is 5.32 Å². The van der Waals surface area contributed by atoms with E-state index in [1.807, 2.05) is 6.08 Å². The highest BCUT2D eigenvalue weighted by atomic mass is 14.9. The van der Waals surface area contributed by atoms with Crippen LogP contribution in [0.15, 0.2) is 48.2 Å². The van der Waals surface area contributed by atoms with Gasteiger partial charge in [-0.05, 0) is 50.5 Å². The monoisotopic (exact) mass is 287 g/mol. The lowest BCUT2D eigenvalue weighted by Crippen LogP contribution is -2.27.